The summed E-state index contributed by atoms with van der Waals surface area (Å²) in [6, 6.07) is 10.3. The number of fused-ring (bicyclic) bond motifs is 1. The molecule has 0 unspecified atom stereocenters. The second-order valence-corrected chi connectivity index (χ2v) is 4.41. The number of nitriles is 1. The summed E-state index contributed by atoms with van der Waals surface area (Å²) < 4.78 is 2.22. The number of benzene rings is 1. The van der Waals surface area contributed by atoms with Crippen LogP contribution in [0.4, 0.5) is 0 Å². The fourth-order valence-electron chi connectivity index (χ4n) is 2.09. The molecule has 0 bridgehead atoms. The maximum absolute atomic E-state index is 8.82. The van der Waals surface area contributed by atoms with E-state index < -0.39 is 0 Å². The minimum absolute atomic E-state index is 0.404. The smallest absolute Gasteiger partial charge is 0.124 e. The molecule has 0 aliphatic heterocycles. The van der Waals surface area contributed by atoms with Gasteiger partial charge in [0.25, 0.3) is 0 Å². The lowest BCUT2D eigenvalue weighted by Crippen LogP contribution is -2.04. The van der Waals surface area contributed by atoms with Crippen molar-refractivity contribution in [1.82, 2.24) is 9.55 Å². The minimum atomic E-state index is 0.404. The van der Waals surface area contributed by atoms with Crippen molar-refractivity contribution in [3.63, 3.8) is 0 Å². The van der Waals surface area contributed by atoms with E-state index in [1.807, 2.05) is 18.2 Å². The van der Waals surface area contributed by atoms with E-state index in [1.165, 1.54) is 18.4 Å². The molecule has 0 radical (unpaired) electrons. The molecule has 1 aliphatic rings. The highest BCUT2D eigenvalue weighted by Crippen LogP contribution is 2.32. The van der Waals surface area contributed by atoms with Gasteiger partial charge < -0.3 is 4.57 Å². The number of imidazole rings is 1. The van der Waals surface area contributed by atoms with E-state index in [0.717, 1.165) is 23.8 Å². The van der Waals surface area contributed by atoms with Crippen LogP contribution in [0.5, 0.6) is 0 Å². The quantitative estimate of drug-likeness (QED) is 0.782. The maximum atomic E-state index is 8.82. The number of hydrogen-bond donors (Lipinski definition) is 0. The summed E-state index contributed by atoms with van der Waals surface area (Å²) in [5.74, 6) is 1.71. The average molecular weight is 211 g/mol. The van der Waals surface area contributed by atoms with Gasteiger partial charge in [0.2, 0.25) is 0 Å². The van der Waals surface area contributed by atoms with E-state index in [-0.39, 0.29) is 0 Å². The summed E-state index contributed by atoms with van der Waals surface area (Å²) in [4.78, 5) is 4.52. The van der Waals surface area contributed by atoms with E-state index in [9.17, 15) is 0 Å². The molecule has 1 saturated carbocycles. The van der Waals surface area contributed by atoms with Crippen molar-refractivity contribution in [3.05, 3.63) is 30.1 Å². The zero-order valence-corrected chi connectivity index (χ0v) is 9.06. The highest BCUT2D eigenvalue weighted by atomic mass is 15.1. The molecular weight excluding hydrogens is 198 g/mol. The van der Waals surface area contributed by atoms with Gasteiger partial charge in [-0.3, -0.25) is 0 Å². The Bertz CT molecular complexity index is 558. The van der Waals surface area contributed by atoms with Gasteiger partial charge in [-0.05, 0) is 30.9 Å². The third-order valence-electron chi connectivity index (χ3n) is 3.11. The first-order valence-corrected chi connectivity index (χ1v) is 5.69. The summed E-state index contributed by atoms with van der Waals surface area (Å²) in [5, 5.41) is 8.82. The van der Waals surface area contributed by atoms with E-state index in [1.54, 1.807) is 0 Å². The van der Waals surface area contributed by atoms with Crippen LogP contribution in [0, 0.1) is 17.2 Å². The topological polar surface area (TPSA) is 41.6 Å². The molecule has 0 N–H and O–H groups in total. The first kappa shape index (κ1) is 9.41. The van der Waals surface area contributed by atoms with Crippen LogP contribution in [-0.4, -0.2) is 9.55 Å². The maximum Gasteiger partial charge on any atom is 0.124 e. The van der Waals surface area contributed by atoms with Gasteiger partial charge in [-0.2, -0.15) is 5.26 Å². The number of para-hydroxylation sites is 2. The SMILES string of the molecule is N#CCc1nc2ccccc2n1CC1CC1. The summed E-state index contributed by atoms with van der Waals surface area (Å²) in [6.45, 7) is 1.03. The third-order valence-corrected chi connectivity index (χ3v) is 3.11. The van der Waals surface area contributed by atoms with Gasteiger partial charge >= 0.3 is 0 Å². The van der Waals surface area contributed by atoms with Crippen molar-refractivity contribution in [2.75, 3.05) is 0 Å². The Balaban J connectivity index is 2.11. The number of rotatable bonds is 3. The lowest BCUT2D eigenvalue weighted by Gasteiger charge is -2.05. The number of hydrogen-bond acceptors (Lipinski definition) is 2. The van der Waals surface area contributed by atoms with E-state index in [0.29, 0.717) is 6.42 Å². The van der Waals surface area contributed by atoms with Crippen LogP contribution in [0.15, 0.2) is 24.3 Å². The predicted molar refractivity (Wildman–Crippen MR) is 61.8 cm³/mol. The predicted octanol–water partition coefficient (Wildman–Crippen LogP) is 2.51. The molecule has 1 aromatic carbocycles. The highest BCUT2D eigenvalue weighted by Gasteiger charge is 2.23. The fraction of sp³-hybridized carbons (Fsp3) is 0.385. The minimum Gasteiger partial charge on any atom is -0.327 e. The van der Waals surface area contributed by atoms with Crippen molar-refractivity contribution in [2.24, 2.45) is 5.92 Å². The van der Waals surface area contributed by atoms with E-state index >= 15 is 0 Å². The number of aromatic nitrogens is 2. The first-order valence-electron chi connectivity index (χ1n) is 5.69. The highest BCUT2D eigenvalue weighted by molar-refractivity contribution is 5.76. The van der Waals surface area contributed by atoms with Crippen molar-refractivity contribution < 1.29 is 0 Å². The fourth-order valence-corrected chi connectivity index (χ4v) is 2.09. The second-order valence-electron chi connectivity index (χ2n) is 4.41. The molecule has 1 heterocycles. The van der Waals surface area contributed by atoms with E-state index in [4.69, 9.17) is 5.26 Å². The normalized spacial score (nSPS) is 15.2. The zero-order chi connectivity index (χ0) is 11.0. The Morgan fingerprint density at radius 1 is 1.38 bits per heavy atom. The molecule has 0 spiro atoms. The molecule has 3 heteroatoms. The Morgan fingerprint density at radius 3 is 2.94 bits per heavy atom. The largest absolute Gasteiger partial charge is 0.327 e. The Morgan fingerprint density at radius 2 is 2.19 bits per heavy atom. The molecule has 0 amide bonds. The van der Waals surface area contributed by atoms with Crippen LogP contribution in [0.3, 0.4) is 0 Å². The molecule has 80 valence electrons. The van der Waals surface area contributed by atoms with Crippen molar-refractivity contribution in [3.8, 4) is 6.07 Å². The Labute approximate surface area is 94.3 Å². The summed E-state index contributed by atoms with van der Waals surface area (Å²) >= 11 is 0. The molecule has 16 heavy (non-hydrogen) atoms. The monoisotopic (exact) mass is 211 g/mol. The average Bonchev–Trinajstić information content (AvgIpc) is 3.04. The Kier molecular flexibility index (Phi) is 2.14. The van der Waals surface area contributed by atoms with Crippen molar-refractivity contribution in [2.45, 2.75) is 25.8 Å². The van der Waals surface area contributed by atoms with Crippen LogP contribution in [-0.2, 0) is 13.0 Å². The lowest BCUT2D eigenvalue weighted by molar-refractivity contribution is 0.620. The van der Waals surface area contributed by atoms with Gasteiger partial charge in [-0.25, -0.2) is 4.98 Å². The molecule has 3 rings (SSSR count). The zero-order valence-electron chi connectivity index (χ0n) is 9.06. The lowest BCUT2D eigenvalue weighted by atomic mass is 10.3. The summed E-state index contributed by atoms with van der Waals surface area (Å²) in [6.07, 6.45) is 3.04. The summed E-state index contributed by atoms with van der Waals surface area (Å²) in [5.41, 5.74) is 2.17. The standard InChI is InChI=1S/C13H13N3/c14-8-7-13-15-11-3-1-2-4-12(11)16(13)9-10-5-6-10/h1-4,10H,5-7,9H2. The molecular formula is C13H13N3. The molecule has 1 fully saturated rings. The van der Waals surface area contributed by atoms with Crippen LogP contribution >= 0.6 is 0 Å². The van der Waals surface area contributed by atoms with Gasteiger partial charge in [-0.15, -0.1) is 0 Å². The molecule has 0 saturated heterocycles. The molecule has 2 aromatic rings. The van der Waals surface area contributed by atoms with Gasteiger partial charge in [0, 0.05) is 6.54 Å². The summed E-state index contributed by atoms with van der Waals surface area (Å²) in [7, 11) is 0. The van der Waals surface area contributed by atoms with Crippen LogP contribution in [0.1, 0.15) is 18.7 Å². The van der Waals surface area contributed by atoms with Crippen LogP contribution in [0.25, 0.3) is 11.0 Å². The van der Waals surface area contributed by atoms with Gasteiger partial charge in [0.05, 0.1) is 23.5 Å². The molecule has 1 aromatic heterocycles. The Hall–Kier alpha value is -1.82. The van der Waals surface area contributed by atoms with E-state index in [2.05, 4.69) is 21.7 Å². The van der Waals surface area contributed by atoms with Gasteiger partial charge in [-0.1, -0.05) is 12.1 Å². The van der Waals surface area contributed by atoms with Crippen molar-refractivity contribution >= 4 is 11.0 Å². The first-order chi connectivity index (χ1) is 7.88. The van der Waals surface area contributed by atoms with Crippen molar-refractivity contribution in [1.29, 1.82) is 5.26 Å². The molecule has 3 nitrogen and oxygen atoms in total. The molecule has 0 atom stereocenters. The second kappa shape index (κ2) is 3.64. The van der Waals surface area contributed by atoms with Crippen LogP contribution < -0.4 is 0 Å². The molecule has 1 aliphatic carbocycles. The van der Waals surface area contributed by atoms with Crippen LogP contribution in [0.2, 0.25) is 0 Å². The third kappa shape index (κ3) is 1.57. The number of nitrogens with zero attached hydrogens (tertiary/aromatic N) is 3. The van der Waals surface area contributed by atoms with Gasteiger partial charge in [0.15, 0.2) is 0 Å². The van der Waals surface area contributed by atoms with Gasteiger partial charge in [0.1, 0.15) is 5.82 Å².